The van der Waals surface area contributed by atoms with Crippen molar-refractivity contribution in [3.05, 3.63) is 64.7 Å². The molecule has 0 radical (unpaired) electrons. The predicted molar refractivity (Wildman–Crippen MR) is 94.2 cm³/mol. The second-order valence-electron chi connectivity index (χ2n) is 5.78. The molecule has 0 aliphatic carbocycles. The first-order valence-electron chi connectivity index (χ1n) is 7.94. The van der Waals surface area contributed by atoms with Crippen LogP contribution in [0.4, 0.5) is 0 Å². The molecule has 1 amide bonds. The lowest BCUT2D eigenvalue weighted by Gasteiger charge is -2.19. The Kier molecular flexibility index (Phi) is 4.95. The van der Waals surface area contributed by atoms with Gasteiger partial charge in [-0.25, -0.2) is 0 Å². The number of carbonyl (C=O) groups is 1. The number of para-hydroxylation sites is 1. The van der Waals surface area contributed by atoms with Crippen molar-refractivity contribution in [2.45, 2.75) is 12.6 Å². The highest BCUT2D eigenvalue weighted by atomic mass is 16.5. The molecular formula is C18H20N4O3. The summed E-state index contributed by atoms with van der Waals surface area (Å²) in [5.41, 5.74) is 1.54. The van der Waals surface area contributed by atoms with Gasteiger partial charge in [0.05, 0.1) is 23.9 Å². The number of rotatable bonds is 6. The Bertz CT molecular complexity index is 945. The van der Waals surface area contributed by atoms with Crippen molar-refractivity contribution in [3.63, 3.8) is 0 Å². The maximum absolute atomic E-state index is 12.5. The average Bonchev–Trinajstić information content (AvgIpc) is 3.03. The van der Waals surface area contributed by atoms with Gasteiger partial charge in [-0.2, -0.15) is 5.10 Å². The Labute approximate surface area is 144 Å². The highest BCUT2D eigenvalue weighted by Gasteiger charge is 2.18. The van der Waals surface area contributed by atoms with Crippen LogP contribution in [0.25, 0.3) is 10.9 Å². The molecule has 130 valence electrons. The molecule has 2 heterocycles. The lowest BCUT2D eigenvalue weighted by atomic mass is 10.2. The van der Waals surface area contributed by atoms with Crippen molar-refractivity contribution in [3.8, 4) is 0 Å². The number of methoxy groups -OCH3 is 1. The van der Waals surface area contributed by atoms with Gasteiger partial charge in [-0.15, -0.1) is 0 Å². The van der Waals surface area contributed by atoms with Crippen molar-refractivity contribution in [1.29, 1.82) is 0 Å². The van der Waals surface area contributed by atoms with Gasteiger partial charge in [-0.1, -0.05) is 12.1 Å². The van der Waals surface area contributed by atoms with Crippen LogP contribution in [0.15, 0.2) is 53.6 Å². The van der Waals surface area contributed by atoms with Gasteiger partial charge in [0.1, 0.15) is 6.54 Å². The van der Waals surface area contributed by atoms with Crippen LogP contribution in [0, 0.1) is 0 Å². The summed E-state index contributed by atoms with van der Waals surface area (Å²) >= 11 is 0. The molecule has 0 aliphatic heterocycles. The van der Waals surface area contributed by atoms with Gasteiger partial charge < -0.3 is 14.6 Å². The molecule has 1 atom stereocenters. The van der Waals surface area contributed by atoms with Crippen molar-refractivity contribution < 1.29 is 9.53 Å². The monoisotopic (exact) mass is 340 g/mol. The van der Waals surface area contributed by atoms with E-state index >= 15 is 0 Å². The molecule has 0 spiro atoms. The van der Waals surface area contributed by atoms with Crippen LogP contribution >= 0.6 is 0 Å². The van der Waals surface area contributed by atoms with Gasteiger partial charge in [0.2, 0.25) is 5.91 Å². The third-order valence-corrected chi connectivity index (χ3v) is 4.08. The van der Waals surface area contributed by atoms with Crippen LogP contribution in [0.3, 0.4) is 0 Å². The fraction of sp³-hybridized carbons (Fsp3) is 0.278. The minimum Gasteiger partial charge on any atom is -0.382 e. The largest absolute Gasteiger partial charge is 0.382 e. The molecule has 25 heavy (non-hydrogen) atoms. The Hall–Kier alpha value is -2.93. The molecule has 0 aliphatic rings. The van der Waals surface area contributed by atoms with Crippen LogP contribution in [0.1, 0.15) is 11.7 Å². The van der Waals surface area contributed by atoms with E-state index in [1.165, 1.54) is 6.07 Å². The quantitative estimate of drug-likeness (QED) is 0.732. The van der Waals surface area contributed by atoms with Crippen molar-refractivity contribution in [1.82, 2.24) is 19.7 Å². The first-order chi connectivity index (χ1) is 12.1. The number of amides is 1. The number of nitrogens with zero attached hydrogens (tertiary/aromatic N) is 3. The van der Waals surface area contributed by atoms with Crippen LogP contribution < -0.4 is 10.7 Å². The van der Waals surface area contributed by atoms with Gasteiger partial charge in [0, 0.05) is 38.0 Å². The van der Waals surface area contributed by atoms with E-state index in [0.29, 0.717) is 12.0 Å². The van der Waals surface area contributed by atoms with Gasteiger partial charge in [-0.3, -0.25) is 14.3 Å². The molecule has 0 saturated carbocycles. The number of aromatic nitrogens is 3. The Morgan fingerprint density at radius 3 is 2.80 bits per heavy atom. The maximum atomic E-state index is 12.5. The van der Waals surface area contributed by atoms with Gasteiger partial charge in [0.15, 0.2) is 5.43 Å². The molecule has 7 heteroatoms. The molecule has 0 saturated heterocycles. The minimum absolute atomic E-state index is 0.0561. The molecule has 0 bridgehead atoms. The van der Waals surface area contributed by atoms with Crippen molar-refractivity contribution in [2.24, 2.45) is 7.05 Å². The summed E-state index contributed by atoms with van der Waals surface area (Å²) in [5.74, 6) is -0.169. The molecule has 3 aromatic rings. The molecule has 2 aromatic heterocycles. The third-order valence-electron chi connectivity index (χ3n) is 4.08. The van der Waals surface area contributed by atoms with E-state index in [1.807, 2.05) is 31.3 Å². The number of nitrogens with one attached hydrogen (secondary N) is 1. The van der Waals surface area contributed by atoms with Crippen LogP contribution in [0.2, 0.25) is 0 Å². The number of aryl methyl sites for hydroxylation is 1. The Morgan fingerprint density at radius 1 is 1.28 bits per heavy atom. The number of carbonyl (C=O) groups excluding carboxylic acids is 1. The normalized spacial score (nSPS) is 12.2. The lowest BCUT2D eigenvalue weighted by Crippen LogP contribution is -2.35. The number of fused-ring (bicyclic) bond motifs is 1. The first-order valence-corrected chi connectivity index (χ1v) is 7.94. The number of benzene rings is 1. The third kappa shape index (κ3) is 3.61. The second kappa shape index (κ2) is 7.31. The molecule has 0 unspecified atom stereocenters. The molecule has 1 N–H and O–H groups in total. The first kappa shape index (κ1) is 16.9. The Balaban J connectivity index is 1.81. The van der Waals surface area contributed by atoms with Crippen LogP contribution in [-0.4, -0.2) is 34.0 Å². The number of ether oxygens (including phenoxy) is 1. The zero-order valence-electron chi connectivity index (χ0n) is 14.2. The topological polar surface area (TPSA) is 78.2 Å². The SMILES string of the molecule is COC[C@@H](NC(=O)Cn1ccc(=O)c2ccccc21)c1ccnn1C. The van der Waals surface area contributed by atoms with E-state index in [9.17, 15) is 9.59 Å². The summed E-state index contributed by atoms with van der Waals surface area (Å²) in [6, 6.07) is 10.3. The van der Waals surface area contributed by atoms with Crippen molar-refractivity contribution >= 4 is 16.8 Å². The highest BCUT2D eigenvalue weighted by molar-refractivity contribution is 5.82. The summed E-state index contributed by atoms with van der Waals surface area (Å²) in [7, 11) is 3.41. The van der Waals surface area contributed by atoms with E-state index in [2.05, 4.69) is 10.4 Å². The molecule has 7 nitrogen and oxygen atoms in total. The molecular weight excluding hydrogens is 320 g/mol. The fourth-order valence-electron chi connectivity index (χ4n) is 2.89. The number of pyridine rings is 1. The lowest BCUT2D eigenvalue weighted by molar-refractivity contribution is -0.122. The minimum atomic E-state index is -0.296. The molecule has 0 fully saturated rings. The average molecular weight is 340 g/mol. The summed E-state index contributed by atoms with van der Waals surface area (Å²) in [5, 5.41) is 7.69. The standard InChI is InChI=1S/C18H20N4O3/c1-21-16(7-9-19-21)14(12-25-2)20-18(24)11-22-10-8-17(23)13-5-3-4-6-15(13)22/h3-10,14H,11-12H2,1-2H3,(H,20,24)/t14-/m1/s1. The van der Waals surface area contributed by atoms with Gasteiger partial charge >= 0.3 is 0 Å². The van der Waals surface area contributed by atoms with Crippen molar-refractivity contribution in [2.75, 3.05) is 13.7 Å². The summed E-state index contributed by atoms with van der Waals surface area (Å²) in [6.45, 7) is 0.453. The number of hydrogen-bond donors (Lipinski definition) is 1. The second-order valence-corrected chi connectivity index (χ2v) is 5.78. The van der Waals surface area contributed by atoms with Gasteiger partial charge in [0.25, 0.3) is 0 Å². The predicted octanol–water partition coefficient (Wildman–Crippen LogP) is 1.24. The van der Waals surface area contributed by atoms with E-state index in [1.54, 1.807) is 34.8 Å². The zero-order valence-corrected chi connectivity index (χ0v) is 14.2. The smallest absolute Gasteiger partial charge is 0.240 e. The van der Waals surface area contributed by atoms with Crippen LogP contribution in [-0.2, 0) is 23.1 Å². The molecule has 3 rings (SSSR count). The van der Waals surface area contributed by atoms with E-state index in [-0.39, 0.29) is 23.9 Å². The van der Waals surface area contributed by atoms with E-state index in [0.717, 1.165) is 11.2 Å². The van der Waals surface area contributed by atoms with E-state index < -0.39 is 0 Å². The zero-order chi connectivity index (χ0) is 17.8. The van der Waals surface area contributed by atoms with Crippen LogP contribution in [0.5, 0.6) is 0 Å². The highest BCUT2D eigenvalue weighted by Crippen LogP contribution is 2.13. The van der Waals surface area contributed by atoms with E-state index in [4.69, 9.17) is 4.74 Å². The summed E-state index contributed by atoms with van der Waals surface area (Å²) < 4.78 is 8.69. The summed E-state index contributed by atoms with van der Waals surface area (Å²) in [6.07, 6.45) is 3.32. The Morgan fingerprint density at radius 2 is 2.08 bits per heavy atom. The number of hydrogen-bond acceptors (Lipinski definition) is 4. The van der Waals surface area contributed by atoms with Gasteiger partial charge in [-0.05, 0) is 18.2 Å². The molecule has 1 aromatic carbocycles. The maximum Gasteiger partial charge on any atom is 0.240 e. The summed E-state index contributed by atoms with van der Waals surface area (Å²) in [4.78, 5) is 24.5. The fourth-order valence-corrected chi connectivity index (χ4v) is 2.89.